The molecule has 0 spiro atoms. The van der Waals surface area contributed by atoms with E-state index in [-0.39, 0.29) is 11.5 Å². The Morgan fingerprint density at radius 3 is 2.52 bits per heavy atom. The zero-order valence-corrected chi connectivity index (χ0v) is 16.3. The Morgan fingerprint density at radius 1 is 1.04 bits per heavy atom. The van der Waals surface area contributed by atoms with Gasteiger partial charge in [-0.25, -0.2) is 5.14 Å². The fourth-order valence-corrected chi connectivity index (χ4v) is 8.05. The van der Waals surface area contributed by atoms with Gasteiger partial charge in [-0.2, -0.15) is 13.1 Å². The van der Waals surface area contributed by atoms with Crippen LogP contribution in [0.25, 0.3) is 0 Å². The van der Waals surface area contributed by atoms with Gasteiger partial charge in [-0.1, -0.05) is 13.8 Å². The van der Waals surface area contributed by atoms with Crippen LogP contribution in [-0.4, -0.2) is 20.2 Å². The van der Waals surface area contributed by atoms with Gasteiger partial charge in [0.05, 0.1) is 0 Å². The van der Waals surface area contributed by atoms with Crippen LogP contribution >= 0.6 is 0 Å². The minimum absolute atomic E-state index is 0.00783. The second-order valence-electron chi connectivity index (χ2n) is 9.71. The summed E-state index contributed by atoms with van der Waals surface area (Å²) in [5.74, 6) is 3.05. The van der Waals surface area contributed by atoms with E-state index < -0.39 is 10.2 Å². The Bertz CT molecular complexity index is 678. The highest BCUT2D eigenvalue weighted by molar-refractivity contribution is 7.87. The summed E-state index contributed by atoms with van der Waals surface area (Å²) in [6.45, 7) is 4.67. The lowest BCUT2D eigenvalue weighted by Crippen LogP contribution is -2.55. The first-order valence-corrected chi connectivity index (χ1v) is 11.5. The molecule has 6 heteroatoms. The van der Waals surface area contributed by atoms with Gasteiger partial charge >= 0.3 is 0 Å². The van der Waals surface area contributed by atoms with Crippen LogP contribution in [0.4, 0.5) is 0 Å². The Kier molecular flexibility index (Phi) is 4.14. The summed E-state index contributed by atoms with van der Waals surface area (Å²) in [5, 5.41) is 5.19. The molecule has 142 valence electrons. The van der Waals surface area contributed by atoms with Gasteiger partial charge in [-0.15, -0.1) is 0 Å². The fraction of sp³-hybridized carbons (Fsp3) is 0.947. The molecule has 4 rings (SSSR count). The number of nitrogens with two attached hydrogens (primary N) is 1. The van der Waals surface area contributed by atoms with Crippen LogP contribution < -0.4 is 9.86 Å². The molecule has 0 heterocycles. The van der Waals surface area contributed by atoms with E-state index in [0.717, 1.165) is 38.5 Å². The van der Waals surface area contributed by atoms with Crippen LogP contribution in [0.2, 0.25) is 0 Å². The number of carbonyl (C=O) groups is 1. The van der Waals surface area contributed by atoms with E-state index in [9.17, 15) is 13.2 Å². The summed E-state index contributed by atoms with van der Waals surface area (Å²) < 4.78 is 25.4. The largest absolute Gasteiger partial charge is 0.299 e. The zero-order valence-electron chi connectivity index (χ0n) is 15.5. The van der Waals surface area contributed by atoms with Gasteiger partial charge in [-0.05, 0) is 80.5 Å². The highest BCUT2D eigenvalue weighted by Crippen LogP contribution is 2.65. The van der Waals surface area contributed by atoms with Crippen molar-refractivity contribution < 1.29 is 13.2 Å². The molecule has 25 heavy (non-hydrogen) atoms. The molecule has 0 amide bonds. The smallest absolute Gasteiger partial charge is 0.274 e. The minimum Gasteiger partial charge on any atom is -0.299 e. The predicted octanol–water partition coefficient (Wildman–Crippen LogP) is 2.76. The Labute approximate surface area is 151 Å². The summed E-state index contributed by atoms with van der Waals surface area (Å²) in [5.41, 5.74) is 0.239. The zero-order chi connectivity index (χ0) is 18.0. The molecular weight excluding hydrogens is 336 g/mol. The fourth-order valence-electron chi connectivity index (χ4n) is 7.37. The number of ketones is 1. The molecule has 4 aliphatic rings. The maximum absolute atomic E-state index is 12.5. The number of rotatable bonds is 2. The third-order valence-electron chi connectivity index (χ3n) is 8.71. The maximum atomic E-state index is 12.5. The van der Waals surface area contributed by atoms with E-state index in [0.29, 0.717) is 34.9 Å². The SMILES string of the molecule is C[C@]12CC[C@@H](NS(N)(=O)=O)C[C@@H]1CC[C@@H]1[C@@H]2CC[C@]2(C)C(=O)CC[C@@H]12. The van der Waals surface area contributed by atoms with E-state index in [1.807, 2.05) is 0 Å². The Morgan fingerprint density at radius 2 is 1.80 bits per heavy atom. The molecule has 5 nitrogen and oxygen atoms in total. The number of hydrogen-bond acceptors (Lipinski definition) is 3. The van der Waals surface area contributed by atoms with Gasteiger partial charge in [-0.3, -0.25) is 4.79 Å². The molecule has 4 saturated carbocycles. The lowest BCUT2D eigenvalue weighted by Gasteiger charge is -2.60. The van der Waals surface area contributed by atoms with Crippen LogP contribution in [0.3, 0.4) is 0 Å². The van der Waals surface area contributed by atoms with Crippen molar-refractivity contribution in [2.45, 2.75) is 77.7 Å². The van der Waals surface area contributed by atoms with Gasteiger partial charge in [0, 0.05) is 17.9 Å². The quantitative estimate of drug-likeness (QED) is 0.785. The molecule has 7 atom stereocenters. The first-order valence-electron chi connectivity index (χ1n) is 9.97. The van der Waals surface area contributed by atoms with Crippen molar-refractivity contribution in [2.75, 3.05) is 0 Å². The van der Waals surface area contributed by atoms with Crippen molar-refractivity contribution in [2.24, 2.45) is 39.6 Å². The summed E-state index contributed by atoms with van der Waals surface area (Å²) in [7, 11) is -3.62. The van der Waals surface area contributed by atoms with Crippen LogP contribution in [0, 0.1) is 34.5 Å². The van der Waals surface area contributed by atoms with Gasteiger partial charge in [0.15, 0.2) is 0 Å². The predicted molar refractivity (Wildman–Crippen MR) is 96.8 cm³/mol. The van der Waals surface area contributed by atoms with Crippen LogP contribution in [0.1, 0.15) is 71.6 Å². The van der Waals surface area contributed by atoms with Crippen molar-refractivity contribution in [3.63, 3.8) is 0 Å². The number of nitrogens with one attached hydrogen (secondary N) is 1. The topological polar surface area (TPSA) is 89.3 Å². The van der Waals surface area contributed by atoms with Gasteiger partial charge < -0.3 is 0 Å². The molecule has 0 unspecified atom stereocenters. The molecule has 3 N–H and O–H groups in total. The number of hydrogen-bond donors (Lipinski definition) is 2. The summed E-state index contributed by atoms with van der Waals surface area (Å²) in [6.07, 6.45) is 9.34. The maximum Gasteiger partial charge on any atom is 0.274 e. The second-order valence-corrected chi connectivity index (χ2v) is 11.0. The molecule has 0 radical (unpaired) electrons. The normalized spacial score (nSPS) is 50.0. The van der Waals surface area contributed by atoms with Crippen molar-refractivity contribution in [1.82, 2.24) is 4.72 Å². The van der Waals surface area contributed by atoms with E-state index in [4.69, 9.17) is 5.14 Å². The van der Waals surface area contributed by atoms with Crippen LogP contribution in [-0.2, 0) is 15.0 Å². The van der Waals surface area contributed by atoms with E-state index >= 15 is 0 Å². The average molecular weight is 369 g/mol. The average Bonchev–Trinajstić information content (AvgIpc) is 2.82. The lowest BCUT2D eigenvalue weighted by molar-refractivity contribution is -0.139. The van der Waals surface area contributed by atoms with Crippen molar-refractivity contribution in [1.29, 1.82) is 0 Å². The summed E-state index contributed by atoms with van der Waals surface area (Å²) in [4.78, 5) is 12.5. The van der Waals surface area contributed by atoms with E-state index in [2.05, 4.69) is 18.6 Å². The van der Waals surface area contributed by atoms with Crippen molar-refractivity contribution in [3.8, 4) is 0 Å². The molecular formula is C19H32N2O3S. The number of carbonyl (C=O) groups excluding carboxylic acids is 1. The van der Waals surface area contributed by atoms with Crippen molar-refractivity contribution in [3.05, 3.63) is 0 Å². The molecule has 0 aromatic rings. The molecule has 0 aliphatic heterocycles. The van der Waals surface area contributed by atoms with Crippen LogP contribution in [0.15, 0.2) is 0 Å². The third kappa shape index (κ3) is 2.79. The molecule has 4 fully saturated rings. The number of fused-ring (bicyclic) bond motifs is 5. The van der Waals surface area contributed by atoms with Crippen molar-refractivity contribution >= 4 is 16.0 Å². The monoisotopic (exact) mass is 368 g/mol. The standard InChI is InChI=1S/C19H32N2O3S/c1-18-9-7-13(21-25(20,23)24)11-12(18)3-4-14-15-5-6-17(22)19(15,2)10-8-16(14)18/h12-16,21H,3-11H2,1-2H3,(H2,20,23,24)/t12-,13+,14-,15-,16-,18-,19-/m0/s1. The lowest BCUT2D eigenvalue weighted by atomic mass is 9.45. The molecule has 4 aliphatic carbocycles. The van der Waals surface area contributed by atoms with Gasteiger partial charge in [0.2, 0.25) is 0 Å². The molecule has 0 bridgehead atoms. The van der Waals surface area contributed by atoms with Crippen LogP contribution in [0.5, 0.6) is 0 Å². The summed E-state index contributed by atoms with van der Waals surface area (Å²) in [6, 6.07) is -0.00783. The first-order chi connectivity index (χ1) is 11.6. The van der Waals surface area contributed by atoms with E-state index in [1.54, 1.807) is 0 Å². The Hall–Kier alpha value is -0.460. The Balaban J connectivity index is 1.54. The van der Waals surface area contributed by atoms with Gasteiger partial charge in [0.1, 0.15) is 5.78 Å². The molecule has 0 aromatic heterocycles. The summed E-state index contributed by atoms with van der Waals surface area (Å²) >= 11 is 0. The minimum atomic E-state index is -3.62. The first kappa shape index (κ1) is 17.9. The second kappa shape index (κ2) is 5.77. The molecule has 0 aromatic carbocycles. The van der Waals surface area contributed by atoms with Gasteiger partial charge in [0.25, 0.3) is 10.2 Å². The van der Waals surface area contributed by atoms with E-state index in [1.165, 1.54) is 19.3 Å². The number of Topliss-reactive ketones (excluding diaryl/α,β-unsaturated/α-hetero) is 1. The highest BCUT2D eigenvalue weighted by atomic mass is 32.2. The molecule has 0 saturated heterocycles. The third-order valence-corrected chi connectivity index (χ3v) is 9.37. The highest BCUT2D eigenvalue weighted by Gasteiger charge is 2.60.